The van der Waals surface area contributed by atoms with E-state index in [9.17, 15) is 0 Å². The van der Waals surface area contributed by atoms with Crippen molar-refractivity contribution in [3.05, 3.63) is 84.7 Å². The van der Waals surface area contributed by atoms with Gasteiger partial charge in [0.15, 0.2) is 11.6 Å². The Bertz CT molecular complexity index is 821. The molecule has 0 aliphatic carbocycles. The first-order valence-electron chi connectivity index (χ1n) is 7.30. The van der Waals surface area contributed by atoms with Gasteiger partial charge in [-0.3, -0.25) is 0 Å². The van der Waals surface area contributed by atoms with Crippen molar-refractivity contribution in [2.75, 3.05) is 0 Å². The molecule has 23 heavy (non-hydrogen) atoms. The summed E-state index contributed by atoms with van der Waals surface area (Å²) in [6, 6.07) is 15.6. The van der Waals surface area contributed by atoms with Crippen molar-refractivity contribution in [1.29, 1.82) is 0 Å². The zero-order chi connectivity index (χ0) is 15.5. The molecule has 0 bridgehead atoms. The molecule has 4 rings (SSSR count). The molecular formula is C17H14N6. The van der Waals surface area contributed by atoms with Crippen molar-refractivity contribution in [2.45, 2.75) is 6.42 Å². The smallest absolute Gasteiger partial charge is 0.153 e. The van der Waals surface area contributed by atoms with Crippen molar-refractivity contribution in [3.63, 3.8) is 0 Å². The van der Waals surface area contributed by atoms with E-state index < -0.39 is 0 Å². The Morgan fingerprint density at radius 3 is 1.61 bits per heavy atom. The molecule has 0 saturated carbocycles. The third-order valence-electron chi connectivity index (χ3n) is 3.42. The first-order valence-corrected chi connectivity index (χ1v) is 7.30. The van der Waals surface area contributed by atoms with E-state index >= 15 is 0 Å². The largest absolute Gasteiger partial charge is 0.233 e. The lowest BCUT2D eigenvalue weighted by atomic mass is 10.2. The third-order valence-corrected chi connectivity index (χ3v) is 3.42. The van der Waals surface area contributed by atoms with Crippen LogP contribution in [0.1, 0.15) is 11.4 Å². The predicted octanol–water partition coefficient (Wildman–Crippen LogP) is 2.44. The molecule has 4 aromatic heterocycles. The molecule has 0 aliphatic heterocycles. The van der Waals surface area contributed by atoms with E-state index in [1.807, 2.05) is 60.9 Å². The van der Waals surface area contributed by atoms with Crippen LogP contribution in [0.5, 0.6) is 0 Å². The summed E-state index contributed by atoms with van der Waals surface area (Å²) in [6.45, 7) is 0. The van der Waals surface area contributed by atoms with E-state index in [0.717, 1.165) is 23.0 Å². The number of hydrogen-bond donors (Lipinski definition) is 0. The van der Waals surface area contributed by atoms with Crippen LogP contribution in [0, 0.1) is 0 Å². The van der Waals surface area contributed by atoms with Gasteiger partial charge in [0.2, 0.25) is 0 Å². The van der Waals surface area contributed by atoms with E-state index in [1.165, 1.54) is 0 Å². The van der Waals surface area contributed by atoms with Crippen LogP contribution >= 0.6 is 0 Å². The maximum atomic E-state index is 4.64. The summed E-state index contributed by atoms with van der Waals surface area (Å²) in [4.78, 5) is 9.28. The average Bonchev–Trinajstić information content (AvgIpc) is 3.29. The van der Waals surface area contributed by atoms with Crippen molar-refractivity contribution >= 4 is 0 Å². The fraction of sp³-hybridized carbons (Fsp3) is 0.0588. The summed E-state index contributed by atoms with van der Waals surface area (Å²) < 4.78 is 3.49. The van der Waals surface area contributed by atoms with Gasteiger partial charge in [0, 0.05) is 42.6 Å². The minimum atomic E-state index is 0.657. The molecule has 4 aromatic rings. The van der Waals surface area contributed by atoms with E-state index in [0.29, 0.717) is 6.42 Å². The van der Waals surface area contributed by atoms with Gasteiger partial charge >= 0.3 is 0 Å². The van der Waals surface area contributed by atoms with Crippen LogP contribution in [0.15, 0.2) is 73.3 Å². The van der Waals surface area contributed by atoms with E-state index in [4.69, 9.17) is 0 Å². The Morgan fingerprint density at radius 1 is 0.652 bits per heavy atom. The van der Waals surface area contributed by atoms with Crippen LogP contribution in [0.4, 0.5) is 0 Å². The zero-order valence-electron chi connectivity index (χ0n) is 12.3. The summed E-state index contributed by atoms with van der Waals surface area (Å²) in [5.41, 5.74) is 1.89. The summed E-state index contributed by atoms with van der Waals surface area (Å²) in [5.74, 6) is 1.60. The predicted molar refractivity (Wildman–Crippen MR) is 85.5 cm³/mol. The molecule has 112 valence electrons. The second-order valence-electron chi connectivity index (χ2n) is 5.05. The number of rotatable bonds is 4. The minimum Gasteiger partial charge on any atom is -0.233 e. The molecular weight excluding hydrogens is 288 g/mol. The molecule has 0 aliphatic rings. The lowest BCUT2D eigenvalue weighted by Gasteiger charge is -2.06. The van der Waals surface area contributed by atoms with Gasteiger partial charge in [-0.2, -0.15) is 10.2 Å². The molecule has 0 saturated heterocycles. The monoisotopic (exact) mass is 302 g/mol. The Labute approximate surface area is 133 Å². The van der Waals surface area contributed by atoms with Crippen LogP contribution in [-0.2, 0) is 6.42 Å². The Kier molecular flexibility index (Phi) is 3.40. The maximum absolute atomic E-state index is 4.64. The van der Waals surface area contributed by atoms with Gasteiger partial charge in [-0.05, 0) is 36.4 Å². The van der Waals surface area contributed by atoms with E-state index in [-0.39, 0.29) is 0 Å². The van der Waals surface area contributed by atoms with Crippen LogP contribution < -0.4 is 0 Å². The number of pyridine rings is 2. The van der Waals surface area contributed by atoms with Crippen molar-refractivity contribution < 1.29 is 0 Å². The van der Waals surface area contributed by atoms with Crippen LogP contribution in [0.25, 0.3) is 11.6 Å². The quantitative estimate of drug-likeness (QED) is 0.581. The van der Waals surface area contributed by atoms with Crippen LogP contribution in [-0.4, -0.2) is 29.5 Å². The Morgan fingerprint density at radius 2 is 1.17 bits per heavy atom. The molecule has 4 heterocycles. The molecule has 0 radical (unpaired) electrons. The second kappa shape index (κ2) is 5.84. The minimum absolute atomic E-state index is 0.657. The molecule has 0 fully saturated rings. The van der Waals surface area contributed by atoms with Gasteiger partial charge in [-0.15, -0.1) is 0 Å². The van der Waals surface area contributed by atoms with Crippen LogP contribution in [0.2, 0.25) is 0 Å². The van der Waals surface area contributed by atoms with E-state index in [2.05, 4.69) is 20.2 Å². The topological polar surface area (TPSA) is 61.4 Å². The van der Waals surface area contributed by atoms with Gasteiger partial charge in [0.1, 0.15) is 0 Å². The molecule has 0 spiro atoms. The fourth-order valence-corrected chi connectivity index (χ4v) is 2.38. The molecule has 0 amide bonds. The lowest BCUT2D eigenvalue weighted by molar-refractivity contribution is 0.821. The number of aromatic nitrogens is 6. The highest BCUT2D eigenvalue weighted by Crippen LogP contribution is 2.11. The molecule has 0 unspecified atom stereocenters. The summed E-state index contributed by atoms with van der Waals surface area (Å²) in [7, 11) is 0. The Balaban J connectivity index is 1.61. The SMILES string of the molecule is c1cc(Cc2cccc(-n3cccn3)n2)nc(-n2cccn2)c1. The second-order valence-corrected chi connectivity index (χ2v) is 5.05. The lowest BCUT2D eigenvalue weighted by Crippen LogP contribution is -2.04. The highest BCUT2D eigenvalue weighted by molar-refractivity contribution is 5.28. The molecule has 0 aromatic carbocycles. The summed E-state index contributed by atoms with van der Waals surface area (Å²) in [5, 5.41) is 8.42. The first kappa shape index (κ1) is 13.4. The van der Waals surface area contributed by atoms with Gasteiger partial charge in [-0.1, -0.05) is 12.1 Å². The third kappa shape index (κ3) is 2.87. The maximum Gasteiger partial charge on any atom is 0.153 e. The number of nitrogens with zero attached hydrogens (tertiary/aromatic N) is 6. The van der Waals surface area contributed by atoms with Crippen molar-refractivity contribution in [1.82, 2.24) is 29.5 Å². The normalized spacial score (nSPS) is 10.8. The van der Waals surface area contributed by atoms with Crippen molar-refractivity contribution in [3.8, 4) is 11.6 Å². The molecule has 0 atom stereocenters. The standard InChI is InChI=1S/C17H14N6/c1-5-14(20-16(7-1)22-11-3-9-18-22)13-15-6-2-8-17(21-15)23-12-4-10-19-23/h1-12H,13H2. The van der Waals surface area contributed by atoms with Gasteiger partial charge in [-0.25, -0.2) is 19.3 Å². The average molecular weight is 302 g/mol. The zero-order valence-corrected chi connectivity index (χ0v) is 12.3. The molecule has 6 heteroatoms. The molecule has 0 N–H and O–H groups in total. The fourth-order valence-electron chi connectivity index (χ4n) is 2.38. The van der Waals surface area contributed by atoms with Gasteiger partial charge < -0.3 is 0 Å². The van der Waals surface area contributed by atoms with Crippen molar-refractivity contribution in [2.24, 2.45) is 0 Å². The number of hydrogen-bond acceptors (Lipinski definition) is 4. The van der Waals surface area contributed by atoms with Gasteiger partial charge in [0.05, 0.1) is 0 Å². The summed E-state index contributed by atoms with van der Waals surface area (Å²) >= 11 is 0. The van der Waals surface area contributed by atoms with Crippen LogP contribution in [0.3, 0.4) is 0 Å². The highest BCUT2D eigenvalue weighted by Gasteiger charge is 2.05. The van der Waals surface area contributed by atoms with E-state index in [1.54, 1.807) is 21.8 Å². The summed E-state index contributed by atoms with van der Waals surface area (Å²) in [6.07, 6.45) is 7.89. The molecule has 6 nitrogen and oxygen atoms in total. The Hall–Kier alpha value is -3.28. The first-order chi connectivity index (χ1) is 11.4. The highest BCUT2D eigenvalue weighted by atomic mass is 15.3. The van der Waals surface area contributed by atoms with Gasteiger partial charge in [0.25, 0.3) is 0 Å².